The van der Waals surface area contributed by atoms with E-state index in [2.05, 4.69) is 0 Å². The molecule has 23 heavy (non-hydrogen) atoms. The SMILES string of the molecule is O=C(O)COc1c(C(=O)O)sc2cc(-c3ccccc3)ccc12. The van der Waals surface area contributed by atoms with E-state index < -0.39 is 18.5 Å². The largest absolute Gasteiger partial charge is 0.479 e. The van der Waals surface area contributed by atoms with Gasteiger partial charge in [-0.25, -0.2) is 9.59 Å². The topological polar surface area (TPSA) is 83.8 Å². The number of thiophene rings is 1. The first-order valence-corrected chi connectivity index (χ1v) is 7.58. The highest BCUT2D eigenvalue weighted by Crippen LogP contribution is 2.39. The third kappa shape index (κ3) is 3.02. The van der Waals surface area contributed by atoms with E-state index in [4.69, 9.17) is 9.84 Å². The van der Waals surface area contributed by atoms with Gasteiger partial charge in [0.25, 0.3) is 0 Å². The summed E-state index contributed by atoms with van der Waals surface area (Å²) in [5, 5.41) is 18.6. The van der Waals surface area contributed by atoms with Crippen molar-refractivity contribution in [3.8, 4) is 16.9 Å². The molecule has 6 heteroatoms. The molecule has 3 aromatic rings. The van der Waals surface area contributed by atoms with Crippen molar-refractivity contribution >= 4 is 33.4 Å². The van der Waals surface area contributed by atoms with Gasteiger partial charge < -0.3 is 14.9 Å². The number of ether oxygens (including phenoxy) is 1. The van der Waals surface area contributed by atoms with Crippen LogP contribution in [-0.2, 0) is 4.79 Å². The summed E-state index contributed by atoms with van der Waals surface area (Å²) < 4.78 is 5.93. The molecule has 2 N–H and O–H groups in total. The van der Waals surface area contributed by atoms with Crippen molar-refractivity contribution in [2.45, 2.75) is 0 Å². The highest BCUT2D eigenvalue weighted by Gasteiger charge is 2.20. The number of hydrogen-bond acceptors (Lipinski definition) is 4. The van der Waals surface area contributed by atoms with Crippen molar-refractivity contribution in [1.29, 1.82) is 0 Å². The Bertz CT molecular complexity index is 883. The third-order valence-corrected chi connectivity index (χ3v) is 4.41. The van der Waals surface area contributed by atoms with Crippen molar-refractivity contribution in [3.63, 3.8) is 0 Å². The van der Waals surface area contributed by atoms with Gasteiger partial charge in [-0.1, -0.05) is 36.4 Å². The van der Waals surface area contributed by atoms with Gasteiger partial charge in [-0.3, -0.25) is 0 Å². The molecule has 0 radical (unpaired) electrons. The zero-order valence-electron chi connectivity index (χ0n) is 11.9. The molecule has 0 aliphatic rings. The highest BCUT2D eigenvalue weighted by molar-refractivity contribution is 7.21. The molecule has 0 aliphatic carbocycles. The molecule has 0 bridgehead atoms. The summed E-state index contributed by atoms with van der Waals surface area (Å²) in [5.41, 5.74) is 1.98. The van der Waals surface area contributed by atoms with Gasteiger partial charge in [0.05, 0.1) is 0 Å². The predicted octanol–water partition coefficient (Wildman–Crippen LogP) is 3.73. The van der Waals surface area contributed by atoms with Gasteiger partial charge in [-0.05, 0) is 23.3 Å². The zero-order valence-corrected chi connectivity index (χ0v) is 12.7. The first kappa shape index (κ1) is 15.1. The molecule has 0 aliphatic heterocycles. The van der Waals surface area contributed by atoms with Crippen LogP contribution in [0.25, 0.3) is 21.2 Å². The molecular formula is C17H12O5S. The van der Waals surface area contributed by atoms with Crippen molar-refractivity contribution in [3.05, 3.63) is 53.4 Å². The number of carbonyl (C=O) groups is 2. The van der Waals surface area contributed by atoms with E-state index >= 15 is 0 Å². The second-order valence-electron chi connectivity index (χ2n) is 4.82. The van der Waals surface area contributed by atoms with Crippen molar-refractivity contribution in [2.75, 3.05) is 6.61 Å². The lowest BCUT2D eigenvalue weighted by Crippen LogP contribution is -2.10. The van der Waals surface area contributed by atoms with E-state index in [1.54, 1.807) is 6.07 Å². The van der Waals surface area contributed by atoms with Gasteiger partial charge in [-0.15, -0.1) is 11.3 Å². The van der Waals surface area contributed by atoms with Crippen LogP contribution in [-0.4, -0.2) is 28.8 Å². The number of benzene rings is 2. The van der Waals surface area contributed by atoms with Gasteiger partial charge in [0.1, 0.15) is 0 Å². The van der Waals surface area contributed by atoms with Gasteiger partial charge in [0, 0.05) is 10.1 Å². The maximum Gasteiger partial charge on any atom is 0.349 e. The Morgan fingerprint density at radius 2 is 1.74 bits per heavy atom. The number of aliphatic carboxylic acids is 1. The predicted molar refractivity (Wildman–Crippen MR) is 87.4 cm³/mol. The first-order chi connectivity index (χ1) is 11.1. The fourth-order valence-electron chi connectivity index (χ4n) is 2.30. The minimum atomic E-state index is -1.15. The fraction of sp³-hybridized carbons (Fsp3) is 0.0588. The zero-order chi connectivity index (χ0) is 16.4. The second kappa shape index (κ2) is 6.10. The molecule has 0 amide bonds. The van der Waals surface area contributed by atoms with Crippen LogP contribution in [0.2, 0.25) is 0 Å². The highest BCUT2D eigenvalue weighted by atomic mass is 32.1. The Labute approximate surface area is 135 Å². The average molecular weight is 328 g/mol. The van der Waals surface area contributed by atoms with Crippen molar-refractivity contribution in [2.24, 2.45) is 0 Å². The lowest BCUT2D eigenvalue weighted by atomic mass is 10.0. The molecule has 3 rings (SSSR count). The summed E-state index contributed by atoms with van der Waals surface area (Å²) in [6, 6.07) is 15.2. The Kier molecular flexibility index (Phi) is 3.99. The van der Waals surface area contributed by atoms with Crippen LogP contribution in [0.1, 0.15) is 9.67 Å². The van der Waals surface area contributed by atoms with Gasteiger partial charge in [-0.2, -0.15) is 0 Å². The Morgan fingerprint density at radius 1 is 1.00 bits per heavy atom. The first-order valence-electron chi connectivity index (χ1n) is 6.76. The number of aromatic carboxylic acids is 1. The van der Waals surface area contributed by atoms with Gasteiger partial charge >= 0.3 is 11.9 Å². The molecule has 1 heterocycles. The second-order valence-corrected chi connectivity index (χ2v) is 5.88. The van der Waals surface area contributed by atoms with Crippen LogP contribution >= 0.6 is 11.3 Å². The fourth-order valence-corrected chi connectivity index (χ4v) is 3.33. The molecule has 0 saturated heterocycles. The summed E-state index contributed by atoms with van der Waals surface area (Å²) in [6.07, 6.45) is 0. The maximum absolute atomic E-state index is 11.4. The van der Waals surface area contributed by atoms with Crippen LogP contribution in [0.5, 0.6) is 5.75 Å². The normalized spacial score (nSPS) is 10.6. The molecule has 5 nitrogen and oxygen atoms in total. The number of carboxylic acids is 2. The van der Waals surface area contributed by atoms with E-state index in [9.17, 15) is 14.7 Å². The lowest BCUT2D eigenvalue weighted by molar-refractivity contribution is -0.139. The van der Waals surface area contributed by atoms with Crippen LogP contribution < -0.4 is 4.74 Å². The number of fused-ring (bicyclic) bond motifs is 1. The van der Waals surface area contributed by atoms with E-state index in [1.807, 2.05) is 42.5 Å². The van der Waals surface area contributed by atoms with E-state index in [0.717, 1.165) is 27.2 Å². The quantitative estimate of drug-likeness (QED) is 0.745. The molecule has 0 fully saturated rings. The Balaban J connectivity index is 2.10. The average Bonchev–Trinajstić information content (AvgIpc) is 2.91. The third-order valence-electron chi connectivity index (χ3n) is 3.29. The Morgan fingerprint density at radius 3 is 2.39 bits per heavy atom. The van der Waals surface area contributed by atoms with Gasteiger partial charge in [0.15, 0.2) is 17.2 Å². The van der Waals surface area contributed by atoms with Crippen molar-refractivity contribution in [1.82, 2.24) is 0 Å². The lowest BCUT2D eigenvalue weighted by Gasteiger charge is -2.04. The Hall–Kier alpha value is -2.86. The molecule has 2 aromatic carbocycles. The molecule has 0 unspecified atom stereocenters. The minimum absolute atomic E-state index is 0.00598. The standard InChI is InChI=1S/C17H12O5S/c18-14(19)9-22-15-12-7-6-11(10-4-2-1-3-5-10)8-13(12)23-16(15)17(20)21/h1-8H,9H2,(H,18,19)(H,20,21). The van der Waals surface area contributed by atoms with E-state index in [1.165, 1.54) is 0 Å². The molecule has 0 atom stereocenters. The molecule has 1 aromatic heterocycles. The summed E-state index contributed by atoms with van der Waals surface area (Å²) in [4.78, 5) is 22.1. The van der Waals surface area contributed by atoms with Crippen LogP contribution in [0.3, 0.4) is 0 Å². The maximum atomic E-state index is 11.4. The molecule has 116 valence electrons. The summed E-state index contributed by atoms with van der Waals surface area (Å²) in [7, 11) is 0. The number of hydrogen-bond donors (Lipinski definition) is 2. The van der Waals surface area contributed by atoms with Crippen LogP contribution in [0, 0.1) is 0 Å². The van der Waals surface area contributed by atoms with Crippen LogP contribution in [0.4, 0.5) is 0 Å². The molecular weight excluding hydrogens is 316 g/mol. The summed E-state index contributed by atoms with van der Waals surface area (Å²) >= 11 is 1.08. The minimum Gasteiger partial charge on any atom is -0.479 e. The number of rotatable bonds is 5. The smallest absolute Gasteiger partial charge is 0.349 e. The van der Waals surface area contributed by atoms with Crippen molar-refractivity contribution < 1.29 is 24.5 Å². The van der Waals surface area contributed by atoms with E-state index in [0.29, 0.717) is 5.39 Å². The summed E-state index contributed by atoms with van der Waals surface area (Å²) in [5.74, 6) is -2.17. The number of carboxylic acid groups (broad SMARTS) is 2. The molecule has 0 spiro atoms. The van der Waals surface area contributed by atoms with E-state index in [-0.39, 0.29) is 10.6 Å². The summed E-state index contributed by atoms with van der Waals surface area (Å²) in [6.45, 7) is -0.577. The molecule has 0 saturated carbocycles. The monoisotopic (exact) mass is 328 g/mol. The van der Waals surface area contributed by atoms with Crippen LogP contribution in [0.15, 0.2) is 48.5 Å². The van der Waals surface area contributed by atoms with Gasteiger partial charge in [0.2, 0.25) is 0 Å².